The summed E-state index contributed by atoms with van der Waals surface area (Å²) in [6.07, 6.45) is 0. The number of carbonyl (C=O) groups excluding carboxylic acids is 1. The molecule has 54 valence electrons. The predicted molar refractivity (Wildman–Crippen MR) is 38.0 cm³/mol. The van der Waals surface area contributed by atoms with Crippen molar-refractivity contribution in [1.29, 1.82) is 0 Å². The van der Waals surface area contributed by atoms with E-state index in [-0.39, 0.29) is 23.3 Å². The van der Waals surface area contributed by atoms with Crippen LogP contribution in [-0.2, 0) is 9.59 Å². The van der Waals surface area contributed by atoms with Gasteiger partial charge in [0.1, 0.15) is 0 Å². The fourth-order valence-corrected chi connectivity index (χ4v) is 0.490. The molecule has 0 radical (unpaired) electrons. The van der Waals surface area contributed by atoms with Crippen molar-refractivity contribution in [3.63, 3.8) is 0 Å². The predicted octanol–water partition coefficient (Wildman–Crippen LogP) is 0.772. The van der Waals surface area contributed by atoms with E-state index in [2.05, 4.69) is 0 Å². The molecule has 0 rings (SSSR count). The van der Waals surface area contributed by atoms with Crippen molar-refractivity contribution in [2.24, 2.45) is 0 Å². The molecule has 3 nitrogen and oxygen atoms in total. The average molecular weight is 171 g/mol. The van der Waals surface area contributed by atoms with Crippen molar-refractivity contribution in [1.82, 2.24) is 0 Å². The first-order chi connectivity index (χ1) is 3.63. The number of carbonyl (C=O) groups is 2. The van der Waals surface area contributed by atoms with Crippen LogP contribution in [0.5, 0.6) is 0 Å². The zero-order chi connectivity index (χ0) is 6.57. The maximum Gasteiger partial charge on any atom is 0.313 e. The van der Waals surface area contributed by atoms with Crippen LogP contribution in [0, 0.1) is 0 Å². The van der Waals surface area contributed by atoms with Crippen molar-refractivity contribution in [3.05, 3.63) is 0 Å². The normalized spacial score (nSPS) is 7.67. The van der Waals surface area contributed by atoms with Crippen LogP contribution in [0.25, 0.3) is 0 Å². The summed E-state index contributed by atoms with van der Waals surface area (Å²) in [6.45, 7) is 1.34. The molecule has 0 aromatic rings. The van der Waals surface area contributed by atoms with Crippen LogP contribution in [0.2, 0.25) is 0 Å². The van der Waals surface area contributed by atoms with Gasteiger partial charge in [-0.3, -0.25) is 9.59 Å². The Balaban J connectivity index is 0. The summed E-state index contributed by atoms with van der Waals surface area (Å²) in [6, 6.07) is 0. The fraction of sp³-hybridized carbons (Fsp3) is 0.500. The van der Waals surface area contributed by atoms with E-state index in [4.69, 9.17) is 5.11 Å². The van der Waals surface area contributed by atoms with Gasteiger partial charge in [0.25, 0.3) is 0 Å². The minimum atomic E-state index is -0.954. The third-order valence-electron chi connectivity index (χ3n) is 0.399. The van der Waals surface area contributed by atoms with Gasteiger partial charge in [-0.25, -0.2) is 0 Å². The summed E-state index contributed by atoms with van der Waals surface area (Å²) in [4.78, 5) is 19.8. The molecule has 0 aliphatic rings. The summed E-state index contributed by atoms with van der Waals surface area (Å²) in [5, 5.41) is 7.83. The summed E-state index contributed by atoms with van der Waals surface area (Å²) >= 11 is 0.801. The molecule has 0 bridgehead atoms. The largest absolute Gasteiger partial charge is 0.481 e. The van der Waals surface area contributed by atoms with Crippen LogP contribution in [-0.4, -0.2) is 21.9 Å². The van der Waals surface area contributed by atoms with Gasteiger partial charge in [-0.05, 0) is 0 Å². The summed E-state index contributed by atoms with van der Waals surface area (Å²) in [7, 11) is 0. The zero-order valence-corrected chi connectivity index (χ0v) is 6.42. The monoisotopic (exact) mass is 170 g/mol. The number of hydrogen-bond acceptors (Lipinski definition) is 3. The van der Waals surface area contributed by atoms with Crippen molar-refractivity contribution in [2.45, 2.75) is 6.92 Å². The molecule has 0 saturated carbocycles. The number of carboxylic acid groups (broad SMARTS) is 1. The SMILES string of the molecule is CC(=O)SCC(=O)O.Cl. The molecule has 0 atom stereocenters. The maximum atomic E-state index is 10.0. The first-order valence-corrected chi connectivity index (χ1v) is 2.96. The molecule has 0 spiro atoms. The molecule has 0 heterocycles. The highest BCUT2D eigenvalue weighted by atomic mass is 35.5. The molecular weight excluding hydrogens is 164 g/mol. The van der Waals surface area contributed by atoms with Crippen LogP contribution in [0.1, 0.15) is 6.92 Å². The van der Waals surface area contributed by atoms with Gasteiger partial charge in [0.05, 0.1) is 5.75 Å². The molecule has 1 N–H and O–H groups in total. The van der Waals surface area contributed by atoms with Gasteiger partial charge in [0.2, 0.25) is 0 Å². The molecular formula is C4H7ClO3S. The van der Waals surface area contributed by atoms with Crippen LogP contribution >= 0.6 is 24.2 Å². The second-order valence-electron chi connectivity index (χ2n) is 1.17. The van der Waals surface area contributed by atoms with Crippen molar-refractivity contribution in [3.8, 4) is 0 Å². The number of thioether (sulfide) groups is 1. The van der Waals surface area contributed by atoms with Crippen LogP contribution in [0.4, 0.5) is 0 Å². The number of rotatable bonds is 2. The minimum absolute atomic E-state index is 0. The Bertz CT molecular complexity index is 100. The summed E-state index contributed by atoms with van der Waals surface area (Å²) in [5.41, 5.74) is 0. The Morgan fingerprint density at radius 3 is 2.11 bits per heavy atom. The van der Waals surface area contributed by atoms with Crippen LogP contribution < -0.4 is 0 Å². The molecule has 0 aliphatic heterocycles. The lowest BCUT2D eigenvalue weighted by Gasteiger charge is -1.85. The maximum absolute atomic E-state index is 10.0. The number of aliphatic carboxylic acids is 1. The van der Waals surface area contributed by atoms with Gasteiger partial charge in [0, 0.05) is 6.92 Å². The van der Waals surface area contributed by atoms with Crippen molar-refractivity contribution >= 4 is 35.3 Å². The van der Waals surface area contributed by atoms with Crippen LogP contribution in [0.15, 0.2) is 0 Å². The topological polar surface area (TPSA) is 54.4 Å². The molecule has 0 fully saturated rings. The van der Waals surface area contributed by atoms with E-state index in [1.54, 1.807) is 0 Å². The standard InChI is InChI=1S/C4H6O3S.ClH/c1-3(5)8-2-4(6)7;/h2H2,1H3,(H,6,7);1H. The smallest absolute Gasteiger partial charge is 0.313 e. The first-order valence-electron chi connectivity index (χ1n) is 1.98. The molecule has 0 amide bonds. The second kappa shape index (κ2) is 5.91. The van der Waals surface area contributed by atoms with E-state index < -0.39 is 5.97 Å². The van der Waals surface area contributed by atoms with Crippen molar-refractivity contribution in [2.75, 3.05) is 5.75 Å². The quantitative estimate of drug-likeness (QED) is 0.665. The molecule has 0 unspecified atom stereocenters. The van der Waals surface area contributed by atoms with E-state index in [9.17, 15) is 9.59 Å². The molecule has 9 heavy (non-hydrogen) atoms. The van der Waals surface area contributed by atoms with Gasteiger partial charge in [-0.1, -0.05) is 11.8 Å². The lowest BCUT2D eigenvalue weighted by atomic mass is 10.8. The van der Waals surface area contributed by atoms with E-state index in [0.29, 0.717) is 0 Å². The van der Waals surface area contributed by atoms with Crippen molar-refractivity contribution < 1.29 is 14.7 Å². The molecule has 0 aliphatic carbocycles. The highest BCUT2D eigenvalue weighted by Gasteiger charge is 1.98. The Kier molecular flexibility index (Phi) is 7.59. The van der Waals surface area contributed by atoms with Gasteiger partial charge in [0.15, 0.2) is 5.12 Å². The molecule has 0 aromatic carbocycles. The third-order valence-corrected chi connectivity index (χ3v) is 1.20. The average Bonchev–Trinajstić information content (AvgIpc) is 1.61. The number of halogens is 1. The van der Waals surface area contributed by atoms with Crippen LogP contribution in [0.3, 0.4) is 0 Å². The third kappa shape index (κ3) is 11.4. The first kappa shape index (κ1) is 11.6. The number of hydrogen-bond donors (Lipinski definition) is 1. The zero-order valence-electron chi connectivity index (χ0n) is 4.79. The van der Waals surface area contributed by atoms with Gasteiger partial charge >= 0.3 is 5.97 Å². The van der Waals surface area contributed by atoms with E-state index in [1.807, 2.05) is 0 Å². The highest BCUT2D eigenvalue weighted by Crippen LogP contribution is 1.98. The summed E-state index contributed by atoms with van der Waals surface area (Å²) < 4.78 is 0. The summed E-state index contributed by atoms with van der Waals surface area (Å²) in [5.74, 6) is -1.08. The Morgan fingerprint density at radius 1 is 1.56 bits per heavy atom. The van der Waals surface area contributed by atoms with Gasteiger partial charge in [-0.2, -0.15) is 0 Å². The lowest BCUT2D eigenvalue weighted by molar-refractivity contribution is -0.134. The van der Waals surface area contributed by atoms with Gasteiger partial charge < -0.3 is 5.11 Å². The molecule has 0 saturated heterocycles. The Hall–Kier alpha value is -0.220. The van der Waals surface area contributed by atoms with E-state index in [1.165, 1.54) is 6.92 Å². The fourth-order valence-electron chi connectivity index (χ4n) is 0.163. The minimum Gasteiger partial charge on any atom is -0.481 e. The highest BCUT2D eigenvalue weighted by molar-refractivity contribution is 8.14. The Morgan fingerprint density at radius 2 is 2.00 bits per heavy atom. The number of carboxylic acids is 1. The van der Waals surface area contributed by atoms with E-state index in [0.717, 1.165) is 11.8 Å². The second-order valence-corrected chi connectivity index (χ2v) is 2.33. The molecule has 0 aromatic heterocycles. The molecule has 5 heteroatoms. The van der Waals surface area contributed by atoms with E-state index >= 15 is 0 Å². The lowest BCUT2D eigenvalue weighted by Crippen LogP contribution is -1.99. The Labute approximate surface area is 63.2 Å². The van der Waals surface area contributed by atoms with Gasteiger partial charge in [-0.15, -0.1) is 12.4 Å².